The van der Waals surface area contributed by atoms with Crippen LogP contribution in [0.25, 0.3) is 62.7 Å². The summed E-state index contributed by atoms with van der Waals surface area (Å²) in [7, 11) is 0. The first-order chi connectivity index (χ1) is 22.8. The fraction of sp³-hybridized carbons (Fsp3) is 0. The molecular formula is C41H27N5. The zero-order valence-corrected chi connectivity index (χ0v) is 24.8. The molecule has 1 aliphatic rings. The van der Waals surface area contributed by atoms with Gasteiger partial charge in [0.15, 0.2) is 11.6 Å². The molecule has 0 bridgehead atoms. The van der Waals surface area contributed by atoms with Crippen molar-refractivity contribution in [3.63, 3.8) is 0 Å². The zero-order chi connectivity index (χ0) is 30.5. The minimum absolute atomic E-state index is 0.571. The maximum Gasteiger partial charge on any atom is 0.238 e. The summed E-state index contributed by atoms with van der Waals surface area (Å²) < 4.78 is 2.22. The summed E-state index contributed by atoms with van der Waals surface area (Å²) in [4.78, 5) is 17.7. The molecule has 0 aliphatic carbocycles. The summed E-state index contributed by atoms with van der Waals surface area (Å²) in [5.41, 5.74) is 9.46. The maximum absolute atomic E-state index is 5.19. The van der Waals surface area contributed by atoms with Crippen molar-refractivity contribution in [2.75, 3.05) is 4.90 Å². The molecule has 0 radical (unpaired) electrons. The predicted octanol–water partition coefficient (Wildman–Crippen LogP) is 10.3. The van der Waals surface area contributed by atoms with E-state index >= 15 is 0 Å². The Balaban J connectivity index is 1.43. The second kappa shape index (κ2) is 10.7. The van der Waals surface area contributed by atoms with E-state index in [9.17, 15) is 0 Å². The van der Waals surface area contributed by atoms with Crippen LogP contribution < -0.4 is 4.90 Å². The number of hydrogen-bond donors (Lipinski definition) is 0. The van der Waals surface area contributed by atoms with Gasteiger partial charge >= 0.3 is 0 Å². The van der Waals surface area contributed by atoms with Gasteiger partial charge in [0, 0.05) is 33.2 Å². The highest BCUT2D eigenvalue weighted by atomic mass is 15.2. The van der Waals surface area contributed by atoms with Crippen molar-refractivity contribution in [2.24, 2.45) is 0 Å². The molecule has 0 amide bonds. The van der Waals surface area contributed by atoms with Crippen molar-refractivity contribution in [1.29, 1.82) is 0 Å². The van der Waals surface area contributed by atoms with Gasteiger partial charge in [0.2, 0.25) is 5.95 Å². The van der Waals surface area contributed by atoms with Crippen LogP contribution in [0.5, 0.6) is 0 Å². The fourth-order valence-electron chi connectivity index (χ4n) is 6.51. The second-order valence-corrected chi connectivity index (χ2v) is 11.3. The Morgan fingerprint density at radius 2 is 1.02 bits per heavy atom. The zero-order valence-electron chi connectivity index (χ0n) is 24.8. The number of fused-ring (bicyclic) bond motifs is 6. The van der Waals surface area contributed by atoms with Crippen molar-refractivity contribution in [3.8, 4) is 28.7 Å². The van der Waals surface area contributed by atoms with Crippen molar-refractivity contribution in [1.82, 2.24) is 19.5 Å². The monoisotopic (exact) mass is 589 g/mol. The number of rotatable bonds is 4. The van der Waals surface area contributed by atoms with E-state index in [1.54, 1.807) is 0 Å². The summed E-state index contributed by atoms with van der Waals surface area (Å²) in [6, 6.07) is 52.4. The largest absolute Gasteiger partial charge is 0.307 e. The molecule has 9 rings (SSSR count). The van der Waals surface area contributed by atoms with Gasteiger partial charge in [0.05, 0.1) is 22.4 Å². The summed E-state index contributed by atoms with van der Waals surface area (Å²) in [5, 5.41) is 2.27. The third kappa shape index (κ3) is 4.21. The van der Waals surface area contributed by atoms with Crippen LogP contribution in [-0.2, 0) is 0 Å². The molecule has 2 aromatic heterocycles. The van der Waals surface area contributed by atoms with Gasteiger partial charge in [-0.1, -0.05) is 140 Å². The summed E-state index contributed by atoms with van der Waals surface area (Å²) >= 11 is 0. The number of para-hydroxylation sites is 3. The highest BCUT2D eigenvalue weighted by Gasteiger charge is 2.27. The summed E-state index contributed by atoms with van der Waals surface area (Å²) in [5.74, 6) is 1.83. The van der Waals surface area contributed by atoms with Crippen LogP contribution in [0, 0.1) is 0 Å². The van der Waals surface area contributed by atoms with E-state index in [1.165, 1.54) is 0 Å². The number of aromatic nitrogens is 4. The molecule has 0 unspecified atom stereocenters. The van der Waals surface area contributed by atoms with E-state index in [0.717, 1.165) is 61.1 Å². The molecule has 46 heavy (non-hydrogen) atoms. The van der Waals surface area contributed by atoms with Crippen molar-refractivity contribution in [3.05, 3.63) is 163 Å². The van der Waals surface area contributed by atoms with Crippen LogP contribution in [0.2, 0.25) is 0 Å². The molecule has 1 aliphatic heterocycles. The summed E-state index contributed by atoms with van der Waals surface area (Å²) in [6.07, 6.45) is 4.43. The van der Waals surface area contributed by atoms with Crippen molar-refractivity contribution >= 4 is 51.0 Å². The van der Waals surface area contributed by atoms with E-state index in [-0.39, 0.29) is 0 Å². The van der Waals surface area contributed by atoms with Gasteiger partial charge < -0.3 is 4.90 Å². The molecule has 0 atom stereocenters. The maximum atomic E-state index is 5.19. The lowest BCUT2D eigenvalue weighted by Gasteiger charge is -2.28. The Morgan fingerprint density at radius 3 is 1.74 bits per heavy atom. The van der Waals surface area contributed by atoms with Crippen molar-refractivity contribution in [2.45, 2.75) is 0 Å². The van der Waals surface area contributed by atoms with Gasteiger partial charge in [-0.2, -0.15) is 9.97 Å². The lowest BCUT2D eigenvalue weighted by molar-refractivity contribution is 0.952. The molecule has 0 N–H and O–H groups in total. The minimum atomic E-state index is 0.571. The molecule has 0 saturated carbocycles. The lowest BCUT2D eigenvalue weighted by Crippen LogP contribution is -2.14. The standard InChI is InChI=1S/C41H27N5/c1-4-15-30(16-5-1)39-42-40(31-17-6-2-7-18-31)44-41(43-39)46-36-23-13-11-21-33(36)34-27-26-29-25-24-28-14-10-12-22-35(28)45(37(29)38(34)46)32-19-8-3-9-20-32/h1-27H. The van der Waals surface area contributed by atoms with Gasteiger partial charge in [-0.05, 0) is 29.8 Å². The van der Waals surface area contributed by atoms with E-state index in [4.69, 9.17) is 15.0 Å². The molecule has 0 fully saturated rings. The van der Waals surface area contributed by atoms with E-state index in [1.807, 2.05) is 60.7 Å². The third-order valence-corrected chi connectivity index (χ3v) is 8.59. The second-order valence-electron chi connectivity index (χ2n) is 11.3. The SMILES string of the molecule is C1=Cc2ccc3c4ccccc4n(-c4nc(-c5ccccc5)nc(-c5ccccc5)n4)c3c2N(c2ccccc2)c2ccccc21. The molecule has 0 saturated heterocycles. The van der Waals surface area contributed by atoms with Crippen LogP contribution in [0.15, 0.2) is 152 Å². The number of benzene rings is 6. The quantitative estimate of drug-likeness (QED) is 0.205. The van der Waals surface area contributed by atoms with Crippen LogP contribution in [0.1, 0.15) is 11.1 Å². The Labute approximate surface area is 266 Å². The molecule has 0 spiro atoms. The first-order valence-electron chi connectivity index (χ1n) is 15.4. The number of hydrogen-bond acceptors (Lipinski definition) is 4. The Kier molecular flexibility index (Phi) is 6.06. The van der Waals surface area contributed by atoms with E-state index < -0.39 is 0 Å². The van der Waals surface area contributed by atoms with Crippen molar-refractivity contribution < 1.29 is 0 Å². The highest BCUT2D eigenvalue weighted by Crippen LogP contribution is 2.48. The molecule has 5 heteroatoms. The van der Waals surface area contributed by atoms with Gasteiger partial charge in [-0.15, -0.1) is 0 Å². The first-order valence-corrected chi connectivity index (χ1v) is 15.4. The Bertz CT molecular complexity index is 2350. The number of nitrogens with zero attached hydrogens (tertiary/aromatic N) is 5. The molecular weight excluding hydrogens is 562 g/mol. The van der Waals surface area contributed by atoms with Crippen LogP contribution >= 0.6 is 0 Å². The minimum Gasteiger partial charge on any atom is -0.307 e. The van der Waals surface area contributed by atoms with Gasteiger partial charge in [0.1, 0.15) is 0 Å². The molecule has 216 valence electrons. The first kappa shape index (κ1) is 26.1. The molecule has 6 aromatic carbocycles. The average Bonchev–Trinajstić information content (AvgIpc) is 3.37. The van der Waals surface area contributed by atoms with Crippen LogP contribution in [0.4, 0.5) is 17.1 Å². The molecule has 8 aromatic rings. The molecule has 5 nitrogen and oxygen atoms in total. The van der Waals surface area contributed by atoms with Crippen LogP contribution in [-0.4, -0.2) is 19.5 Å². The fourth-order valence-corrected chi connectivity index (χ4v) is 6.51. The third-order valence-electron chi connectivity index (χ3n) is 8.59. The Hall–Kier alpha value is -6.33. The van der Waals surface area contributed by atoms with Gasteiger partial charge in [-0.25, -0.2) is 4.98 Å². The molecule has 3 heterocycles. The van der Waals surface area contributed by atoms with E-state index in [2.05, 4.69) is 113 Å². The highest BCUT2D eigenvalue weighted by molar-refractivity contribution is 6.16. The average molecular weight is 590 g/mol. The Morgan fingerprint density at radius 1 is 0.435 bits per heavy atom. The number of anilines is 3. The van der Waals surface area contributed by atoms with E-state index in [0.29, 0.717) is 17.6 Å². The van der Waals surface area contributed by atoms with Crippen LogP contribution in [0.3, 0.4) is 0 Å². The van der Waals surface area contributed by atoms with Gasteiger partial charge in [-0.3, -0.25) is 4.57 Å². The smallest absolute Gasteiger partial charge is 0.238 e. The lowest BCUT2D eigenvalue weighted by atomic mass is 10.1. The predicted molar refractivity (Wildman–Crippen MR) is 189 cm³/mol. The van der Waals surface area contributed by atoms with Gasteiger partial charge in [0.25, 0.3) is 0 Å². The topological polar surface area (TPSA) is 46.8 Å². The summed E-state index contributed by atoms with van der Waals surface area (Å²) in [6.45, 7) is 0. The normalized spacial score (nSPS) is 12.2.